The first-order chi connectivity index (χ1) is 8.95. The Balaban J connectivity index is 2.68. The van der Waals surface area contributed by atoms with Crippen LogP contribution in [0.15, 0.2) is 4.79 Å². The Morgan fingerprint density at radius 1 is 1.26 bits per heavy atom. The van der Waals surface area contributed by atoms with Crippen LogP contribution in [0.2, 0.25) is 0 Å². The minimum Gasteiger partial charge on any atom is -0.310 e. The maximum atomic E-state index is 12.0. The Morgan fingerprint density at radius 2 is 1.95 bits per heavy atom. The fourth-order valence-corrected chi connectivity index (χ4v) is 2.54. The van der Waals surface area contributed by atoms with Crippen molar-refractivity contribution in [1.29, 1.82) is 0 Å². The van der Waals surface area contributed by atoms with E-state index in [1.54, 1.807) is 0 Å². The number of hydrogen-bond acceptors (Lipinski definition) is 3. The van der Waals surface area contributed by atoms with Gasteiger partial charge in [0.05, 0.1) is 5.56 Å². The van der Waals surface area contributed by atoms with E-state index in [1.807, 2.05) is 20.8 Å². The average Bonchev–Trinajstić information content (AvgIpc) is 2.27. The Kier molecular flexibility index (Phi) is 6.22. The molecular formula is C15H27N3O. The number of hydrogen-bond donors (Lipinski definition) is 2. The first kappa shape index (κ1) is 15.9. The SMILES string of the molecule is CCCCCC(C)NC(C)c1c(C)nc(C)[nH]c1=O. The summed E-state index contributed by atoms with van der Waals surface area (Å²) in [5, 5.41) is 3.50. The predicted octanol–water partition coefficient (Wildman–Crippen LogP) is 3.01. The van der Waals surface area contributed by atoms with Crippen LogP contribution >= 0.6 is 0 Å². The van der Waals surface area contributed by atoms with Crippen LogP contribution in [0, 0.1) is 13.8 Å². The quantitative estimate of drug-likeness (QED) is 0.745. The third kappa shape index (κ3) is 4.78. The number of nitrogens with zero attached hydrogens (tertiary/aromatic N) is 1. The lowest BCUT2D eigenvalue weighted by molar-refractivity contribution is 0.436. The number of nitrogens with one attached hydrogen (secondary N) is 2. The minimum absolute atomic E-state index is 0.0224. The molecule has 108 valence electrons. The molecule has 1 rings (SSSR count). The van der Waals surface area contributed by atoms with E-state index in [1.165, 1.54) is 19.3 Å². The minimum atomic E-state index is -0.0224. The summed E-state index contributed by atoms with van der Waals surface area (Å²) in [7, 11) is 0. The molecule has 0 aliphatic rings. The molecule has 0 aromatic carbocycles. The van der Waals surface area contributed by atoms with Crippen molar-refractivity contribution in [3.8, 4) is 0 Å². The van der Waals surface area contributed by atoms with Gasteiger partial charge in [0.15, 0.2) is 0 Å². The van der Waals surface area contributed by atoms with Crippen LogP contribution in [-0.4, -0.2) is 16.0 Å². The van der Waals surface area contributed by atoms with Crippen molar-refractivity contribution >= 4 is 0 Å². The summed E-state index contributed by atoms with van der Waals surface area (Å²) >= 11 is 0. The molecule has 1 heterocycles. The normalized spacial score (nSPS) is 14.4. The van der Waals surface area contributed by atoms with Crippen LogP contribution in [0.4, 0.5) is 0 Å². The van der Waals surface area contributed by atoms with Crippen LogP contribution in [0.3, 0.4) is 0 Å². The van der Waals surface area contributed by atoms with Crippen molar-refractivity contribution in [2.45, 2.75) is 72.4 Å². The molecule has 4 heteroatoms. The lowest BCUT2D eigenvalue weighted by Gasteiger charge is -2.20. The maximum Gasteiger partial charge on any atom is 0.255 e. The van der Waals surface area contributed by atoms with E-state index >= 15 is 0 Å². The van der Waals surface area contributed by atoms with Gasteiger partial charge in [-0.05, 0) is 34.1 Å². The Morgan fingerprint density at radius 3 is 2.53 bits per heavy atom. The van der Waals surface area contributed by atoms with Gasteiger partial charge < -0.3 is 10.3 Å². The lowest BCUT2D eigenvalue weighted by atomic mass is 10.1. The zero-order chi connectivity index (χ0) is 14.4. The molecule has 0 amide bonds. The van der Waals surface area contributed by atoms with Gasteiger partial charge in [-0.15, -0.1) is 0 Å². The van der Waals surface area contributed by atoms with Gasteiger partial charge in [-0.25, -0.2) is 4.98 Å². The molecule has 2 N–H and O–H groups in total. The number of H-pyrrole nitrogens is 1. The van der Waals surface area contributed by atoms with Crippen LogP contribution in [0.1, 0.15) is 69.6 Å². The van der Waals surface area contributed by atoms with Gasteiger partial charge in [0.25, 0.3) is 5.56 Å². The van der Waals surface area contributed by atoms with E-state index in [0.29, 0.717) is 11.9 Å². The topological polar surface area (TPSA) is 57.8 Å². The Hall–Kier alpha value is -1.16. The zero-order valence-electron chi connectivity index (χ0n) is 12.8. The predicted molar refractivity (Wildman–Crippen MR) is 79.5 cm³/mol. The van der Waals surface area contributed by atoms with E-state index in [4.69, 9.17) is 0 Å². The van der Waals surface area contributed by atoms with Gasteiger partial charge in [0.2, 0.25) is 0 Å². The van der Waals surface area contributed by atoms with E-state index in [0.717, 1.165) is 17.7 Å². The van der Waals surface area contributed by atoms with Crippen molar-refractivity contribution in [2.24, 2.45) is 0 Å². The summed E-state index contributed by atoms with van der Waals surface area (Å²) in [6, 6.07) is 0.454. The van der Waals surface area contributed by atoms with E-state index in [-0.39, 0.29) is 11.6 Å². The number of unbranched alkanes of at least 4 members (excludes halogenated alkanes) is 2. The Bertz CT molecular complexity index is 453. The fraction of sp³-hybridized carbons (Fsp3) is 0.733. The van der Waals surface area contributed by atoms with Gasteiger partial charge in [-0.1, -0.05) is 26.2 Å². The highest BCUT2D eigenvalue weighted by molar-refractivity contribution is 5.20. The summed E-state index contributed by atoms with van der Waals surface area (Å²) in [5.74, 6) is 0.675. The largest absolute Gasteiger partial charge is 0.310 e. The molecule has 0 saturated heterocycles. The molecule has 0 fully saturated rings. The second-order valence-electron chi connectivity index (χ2n) is 5.44. The molecule has 0 bridgehead atoms. The molecule has 1 aromatic heterocycles. The maximum absolute atomic E-state index is 12.0. The molecule has 0 saturated carbocycles. The highest BCUT2D eigenvalue weighted by atomic mass is 16.1. The van der Waals surface area contributed by atoms with E-state index < -0.39 is 0 Å². The van der Waals surface area contributed by atoms with Gasteiger partial charge in [-0.2, -0.15) is 0 Å². The molecule has 1 aromatic rings. The van der Waals surface area contributed by atoms with Gasteiger partial charge in [0.1, 0.15) is 5.82 Å². The number of rotatable bonds is 7. The van der Waals surface area contributed by atoms with Crippen molar-refractivity contribution < 1.29 is 0 Å². The summed E-state index contributed by atoms with van der Waals surface area (Å²) in [5.41, 5.74) is 1.56. The van der Waals surface area contributed by atoms with E-state index in [9.17, 15) is 4.79 Å². The summed E-state index contributed by atoms with van der Waals surface area (Å²) in [6.45, 7) is 10.1. The summed E-state index contributed by atoms with van der Waals surface area (Å²) in [4.78, 5) is 19.1. The summed E-state index contributed by atoms with van der Waals surface area (Å²) in [6.07, 6.45) is 4.89. The number of aromatic nitrogens is 2. The number of aryl methyl sites for hydroxylation is 2. The Labute approximate surface area is 116 Å². The van der Waals surface area contributed by atoms with E-state index in [2.05, 4.69) is 29.1 Å². The van der Waals surface area contributed by atoms with Gasteiger partial charge >= 0.3 is 0 Å². The number of aromatic amines is 1. The molecule has 19 heavy (non-hydrogen) atoms. The van der Waals surface area contributed by atoms with Crippen LogP contribution in [0.5, 0.6) is 0 Å². The van der Waals surface area contributed by atoms with Crippen LogP contribution in [-0.2, 0) is 0 Å². The smallest absolute Gasteiger partial charge is 0.255 e. The molecule has 0 spiro atoms. The molecule has 0 radical (unpaired) electrons. The molecule has 0 aliphatic carbocycles. The third-order valence-electron chi connectivity index (χ3n) is 3.47. The fourth-order valence-electron chi connectivity index (χ4n) is 2.54. The molecular weight excluding hydrogens is 238 g/mol. The van der Waals surface area contributed by atoms with Crippen molar-refractivity contribution in [2.75, 3.05) is 0 Å². The zero-order valence-corrected chi connectivity index (χ0v) is 12.8. The molecule has 2 atom stereocenters. The van der Waals surface area contributed by atoms with Crippen LogP contribution < -0.4 is 10.9 Å². The van der Waals surface area contributed by atoms with Gasteiger partial charge in [0, 0.05) is 17.8 Å². The highest BCUT2D eigenvalue weighted by Gasteiger charge is 2.16. The second-order valence-corrected chi connectivity index (χ2v) is 5.44. The van der Waals surface area contributed by atoms with Crippen molar-refractivity contribution in [1.82, 2.24) is 15.3 Å². The lowest BCUT2D eigenvalue weighted by Crippen LogP contribution is -2.33. The van der Waals surface area contributed by atoms with Crippen molar-refractivity contribution in [3.05, 3.63) is 27.4 Å². The summed E-state index contributed by atoms with van der Waals surface area (Å²) < 4.78 is 0. The molecule has 4 nitrogen and oxygen atoms in total. The molecule has 0 aliphatic heterocycles. The monoisotopic (exact) mass is 265 g/mol. The first-order valence-electron chi connectivity index (χ1n) is 7.29. The average molecular weight is 265 g/mol. The van der Waals surface area contributed by atoms with Crippen molar-refractivity contribution in [3.63, 3.8) is 0 Å². The van der Waals surface area contributed by atoms with Crippen LogP contribution in [0.25, 0.3) is 0 Å². The second kappa shape index (κ2) is 7.43. The first-order valence-corrected chi connectivity index (χ1v) is 7.29. The third-order valence-corrected chi connectivity index (χ3v) is 3.47. The highest BCUT2D eigenvalue weighted by Crippen LogP contribution is 2.13. The standard InChI is InChI=1S/C15H27N3O/c1-6-7-8-9-10(2)16-11(3)14-12(4)17-13(5)18-15(14)19/h10-11,16H,6-9H2,1-5H3,(H,17,18,19). The van der Waals surface area contributed by atoms with Gasteiger partial charge in [-0.3, -0.25) is 4.79 Å². The molecule has 2 unspecified atom stereocenters.